The summed E-state index contributed by atoms with van der Waals surface area (Å²) in [5.41, 5.74) is -0.378. The third kappa shape index (κ3) is 9.27. The van der Waals surface area contributed by atoms with Crippen LogP contribution in [0.15, 0.2) is 0 Å². The number of hydrogen-bond acceptors (Lipinski definition) is 3. The van der Waals surface area contributed by atoms with Gasteiger partial charge in [0.05, 0.1) is 35.2 Å². The zero-order chi connectivity index (χ0) is 34.7. The smallest absolute Gasteiger partial charge is 0.151 e. The van der Waals surface area contributed by atoms with Crippen molar-refractivity contribution >= 4 is 5.78 Å². The van der Waals surface area contributed by atoms with E-state index in [2.05, 4.69) is 13.8 Å². The summed E-state index contributed by atoms with van der Waals surface area (Å²) in [6.07, 6.45) is 47.7. The summed E-state index contributed by atoms with van der Waals surface area (Å²) in [4.78, 5) is 15.5. The summed E-state index contributed by atoms with van der Waals surface area (Å²) in [5.74, 6) is 3.27. The topological polar surface area (TPSA) is 42.1 Å². The second-order valence-corrected chi connectivity index (χ2v) is 19.0. The van der Waals surface area contributed by atoms with Gasteiger partial charge in [0.15, 0.2) is 5.78 Å². The fourth-order valence-corrected chi connectivity index (χ4v) is 12.6. The fraction of sp³-hybridized carbons (Fsp3) is 0.979. The summed E-state index contributed by atoms with van der Waals surface area (Å²) in [7, 11) is 0. The number of epoxide rings is 2. The molecule has 3 heteroatoms. The van der Waals surface area contributed by atoms with E-state index < -0.39 is 0 Å². The molecule has 8 aliphatic rings. The molecule has 0 amide bonds. The Bertz CT molecular complexity index is 917. The minimum absolute atomic E-state index is 0.189. The van der Waals surface area contributed by atoms with Gasteiger partial charge in [0.2, 0.25) is 0 Å². The van der Waals surface area contributed by atoms with Crippen LogP contribution in [0.2, 0.25) is 0 Å². The van der Waals surface area contributed by atoms with Crippen molar-refractivity contribution in [3.05, 3.63) is 0 Å². The summed E-state index contributed by atoms with van der Waals surface area (Å²) in [5, 5.41) is 0. The summed E-state index contributed by atoms with van der Waals surface area (Å²) >= 11 is 0. The second-order valence-electron chi connectivity index (χ2n) is 19.0. The van der Waals surface area contributed by atoms with Crippen LogP contribution < -0.4 is 0 Å². The Morgan fingerprint density at radius 1 is 0.460 bits per heavy atom. The Labute approximate surface area is 310 Å². The summed E-state index contributed by atoms with van der Waals surface area (Å²) in [6.45, 7) is 4.61. The number of ether oxygens (including phenoxy) is 2. The van der Waals surface area contributed by atoms with Crippen LogP contribution in [-0.4, -0.2) is 30.2 Å². The Morgan fingerprint density at radius 2 is 0.760 bits per heavy atom. The molecule has 8 rings (SSSR count). The van der Waals surface area contributed by atoms with Crippen LogP contribution in [0.4, 0.5) is 0 Å². The fourth-order valence-electron chi connectivity index (χ4n) is 12.6. The number of hydrogen-bond donors (Lipinski definition) is 0. The largest absolute Gasteiger partial charge is 0.368 e. The summed E-state index contributed by atoms with van der Waals surface area (Å²) in [6, 6.07) is 0. The van der Waals surface area contributed by atoms with Gasteiger partial charge >= 0.3 is 0 Å². The van der Waals surface area contributed by atoms with Crippen LogP contribution in [-0.2, 0) is 14.3 Å². The molecule has 2 heterocycles. The molecule has 0 spiro atoms. The molecule has 0 N–H and O–H groups in total. The molecule has 2 saturated heterocycles. The molecule has 8 fully saturated rings. The number of carbonyl (C=O) groups is 1. The van der Waals surface area contributed by atoms with Crippen molar-refractivity contribution in [1.82, 2.24) is 0 Å². The van der Waals surface area contributed by atoms with Gasteiger partial charge in [-0.05, 0) is 75.0 Å². The minimum Gasteiger partial charge on any atom is -0.368 e. The predicted molar refractivity (Wildman–Crippen MR) is 209 cm³/mol. The molecule has 6 aliphatic carbocycles. The standard InChI is InChI=1S/C47H82O3/c1-3-5-7-9-11-13-15-17-19-21-23-25-27-29-39-35-37-31-33-46(39,43-41(37)49-43)45(48)47-34-32-38(42-44(47)50-42)36-40(47)30-28-26-24-22-20-18-16-14-12-10-8-6-4-2/h37-44H,3-36H2,1-2H3. The average molecular weight is 695 g/mol. The zero-order valence-corrected chi connectivity index (χ0v) is 33.4. The van der Waals surface area contributed by atoms with Gasteiger partial charge in [0.1, 0.15) is 0 Å². The molecule has 10 unspecified atom stereocenters. The number of unbranched alkanes of at least 4 members (excludes halogenated alkanes) is 24. The molecule has 0 radical (unpaired) electrons. The van der Waals surface area contributed by atoms with Crippen molar-refractivity contribution in [2.24, 2.45) is 34.5 Å². The van der Waals surface area contributed by atoms with E-state index in [9.17, 15) is 0 Å². The van der Waals surface area contributed by atoms with Crippen molar-refractivity contribution in [3.63, 3.8) is 0 Å². The molecule has 288 valence electrons. The van der Waals surface area contributed by atoms with Crippen LogP contribution in [0.25, 0.3) is 0 Å². The minimum atomic E-state index is -0.189. The lowest BCUT2D eigenvalue weighted by Gasteiger charge is -2.56. The lowest BCUT2D eigenvalue weighted by atomic mass is 9.43. The molecular weight excluding hydrogens is 613 g/mol. The lowest BCUT2D eigenvalue weighted by molar-refractivity contribution is -0.161. The summed E-state index contributed by atoms with van der Waals surface area (Å²) < 4.78 is 13.1. The number of fused-ring (bicyclic) bond motifs is 4. The Morgan fingerprint density at radius 3 is 1.08 bits per heavy atom. The number of Topliss-reactive ketones (excluding diaryl/α,β-unsaturated/α-hetero) is 1. The predicted octanol–water partition coefficient (Wildman–Crippen LogP) is 13.9. The molecule has 0 aromatic heterocycles. The maximum absolute atomic E-state index is 15.5. The Hall–Kier alpha value is -0.410. The molecule has 0 aromatic carbocycles. The van der Waals surface area contributed by atoms with E-state index in [0.29, 0.717) is 29.8 Å². The van der Waals surface area contributed by atoms with Crippen molar-refractivity contribution in [1.29, 1.82) is 0 Å². The van der Waals surface area contributed by atoms with Gasteiger partial charge < -0.3 is 9.47 Å². The number of ketones is 1. The van der Waals surface area contributed by atoms with E-state index in [1.165, 1.54) is 205 Å². The normalized spacial score (nSPS) is 36.0. The molecule has 3 nitrogen and oxygen atoms in total. The third-order valence-electron chi connectivity index (χ3n) is 15.6. The molecular formula is C47H82O3. The van der Waals surface area contributed by atoms with Crippen molar-refractivity contribution < 1.29 is 14.3 Å². The van der Waals surface area contributed by atoms with Gasteiger partial charge in [-0.3, -0.25) is 4.79 Å². The Balaban J connectivity index is 0.931. The van der Waals surface area contributed by atoms with E-state index in [-0.39, 0.29) is 23.0 Å². The lowest BCUT2D eigenvalue weighted by Crippen LogP contribution is -2.63. The molecule has 4 bridgehead atoms. The van der Waals surface area contributed by atoms with Crippen LogP contribution in [0.3, 0.4) is 0 Å². The van der Waals surface area contributed by atoms with E-state index in [0.717, 1.165) is 24.7 Å². The van der Waals surface area contributed by atoms with Gasteiger partial charge in [-0.25, -0.2) is 0 Å². The highest BCUT2D eigenvalue weighted by atomic mass is 16.6. The maximum Gasteiger partial charge on any atom is 0.151 e. The molecule has 6 saturated carbocycles. The molecule has 50 heavy (non-hydrogen) atoms. The number of rotatable bonds is 30. The van der Waals surface area contributed by atoms with Crippen LogP contribution >= 0.6 is 0 Å². The van der Waals surface area contributed by atoms with E-state index in [4.69, 9.17) is 9.47 Å². The average Bonchev–Trinajstić information content (AvgIpc) is 4.07. The maximum atomic E-state index is 15.5. The van der Waals surface area contributed by atoms with Crippen LogP contribution in [0, 0.1) is 34.5 Å². The van der Waals surface area contributed by atoms with E-state index >= 15 is 4.79 Å². The van der Waals surface area contributed by atoms with Gasteiger partial charge in [-0.2, -0.15) is 0 Å². The van der Waals surface area contributed by atoms with Gasteiger partial charge in [-0.15, -0.1) is 0 Å². The highest BCUT2D eigenvalue weighted by molar-refractivity contribution is 5.94. The SMILES string of the molecule is CCCCCCCCCCCCCCCC1CC2CCC1(C(=O)C13CCC(CC1CCCCCCCCCCCCCCC)C1OC13)C1OC21. The number of carbonyl (C=O) groups excluding carboxylic acids is 1. The van der Waals surface area contributed by atoms with Crippen molar-refractivity contribution in [2.45, 2.75) is 257 Å². The first-order valence-corrected chi connectivity index (χ1v) is 23.5. The highest BCUT2D eigenvalue weighted by Gasteiger charge is 2.77. The quantitative estimate of drug-likeness (QED) is 0.0555. The molecule has 2 aliphatic heterocycles. The Kier molecular flexibility index (Phi) is 15.5. The zero-order valence-electron chi connectivity index (χ0n) is 33.4. The second kappa shape index (κ2) is 19.8. The first-order valence-electron chi connectivity index (χ1n) is 23.5. The van der Waals surface area contributed by atoms with Gasteiger partial charge in [0, 0.05) is 0 Å². The van der Waals surface area contributed by atoms with Gasteiger partial charge in [-0.1, -0.05) is 181 Å². The van der Waals surface area contributed by atoms with Gasteiger partial charge in [0.25, 0.3) is 0 Å². The van der Waals surface area contributed by atoms with Crippen LogP contribution in [0.1, 0.15) is 232 Å². The van der Waals surface area contributed by atoms with E-state index in [1.54, 1.807) is 0 Å². The van der Waals surface area contributed by atoms with Crippen molar-refractivity contribution in [2.75, 3.05) is 0 Å². The third-order valence-corrected chi connectivity index (χ3v) is 15.6. The van der Waals surface area contributed by atoms with E-state index in [1.807, 2.05) is 0 Å². The molecule has 0 aromatic rings. The molecule has 10 atom stereocenters. The first kappa shape index (κ1) is 39.3. The van der Waals surface area contributed by atoms with Crippen molar-refractivity contribution in [3.8, 4) is 0 Å². The highest BCUT2D eigenvalue weighted by Crippen LogP contribution is 2.71. The van der Waals surface area contributed by atoms with Crippen LogP contribution in [0.5, 0.6) is 0 Å². The monoisotopic (exact) mass is 695 g/mol. The first-order chi connectivity index (χ1) is 24.7.